The number of esters is 1. The molecule has 0 aliphatic heterocycles. The van der Waals surface area contributed by atoms with Crippen molar-refractivity contribution in [3.63, 3.8) is 0 Å². The van der Waals surface area contributed by atoms with Gasteiger partial charge < -0.3 is 9.84 Å². The molecule has 0 bridgehead atoms. The maximum atomic E-state index is 14.3. The Labute approximate surface area is 126 Å². The van der Waals surface area contributed by atoms with Crippen molar-refractivity contribution in [2.24, 2.45) is 0 Å². The van der Waals surface area contributed by atoms with Crippen molar-refractivity contribution in [3.05, 3.63) is 39.7 Å². The first-order chi connectivity index (χ1) is 9.73. The van der Waals surface area contributed by atoms with Crippen molar-refractivity contribution in [2.45, 2.75) is 26.2 Å². The molecule has 21 heavy (non-hydrogen) atoms. The van der Waals surface area contributed by atoms with Crippen LogP contribution in [0.25, 0.3) is 5.76 Å². The Morgan fingerprint density at radius 1 is 1.43 bits per heavy atom. The molecule has 0 heterocycles. The minimum atomic E-state index is -1.33. The number of benzene rings is 1. The van der Waals surface area contributed by atoms with Gasteiger partial charge in [-0.25, -0.2) is 9.18 Å². The van der Waals surface area contributed by atoms with Crippen LogP contribution in [0.1, 0.15) is 31.9 Å². The Morgan fingerprint density at radius 2 is 2.05 bits per heavy atom. The largest absolute Gasteiger partial charge is 0.506 e. The summed E-state index contributed by atoms with van der Waals surface area (Å²) in [5.74, 6) is -2.98. The van der Waals surface area contributed by atoms with E-state index in [1.165, 1.54) is 26.0 Å². The van der Waals surface area contributed by atoms with E-state index >= 15 is 0 Å². The smallest absolute Gasteiger partial charge is 0.345 e. The summed E-state index contributed by atoms with van der Waals surface area (Å²) in [5.41, 5.74) is -1.75. The third-order valence-corrected chi connectivity index (χ3v) is 3.78. The van der Waals surface area contributed by atoms with Crippen LogP contribution in [0, 0.1) is 5.82 Å². The number of ketones is 1. The lowest BCUT2D eigenvalue weighted by Gasteiger charge is -2.32. The third-order valence-electron chi connectivity index (χ3n) is 3.49. The molecule has 6 heteroatoms. The lowest BCUT2D eigenvalue weighted by atomic mass is 9.71. The van der Waals surface area contributed by atoms with Crippen LogP contribution in [-0.4, -0.2) is 23.5 Å². The minimum Gasteiger partial charge on any atom is -0.506 e. The lowest BCUT2D eigenvalue weighted by Crippen LogP contribution is -2.39. The van der Waals surface area contributed by atoms with Gasteiger partial charge in [0.15, 0.2) is 5.78 Å². The zero-order valence-corrected chi connectivity index (χ0v) is 12.5. The second-order valence-corrected chi connectivity index (χ2v) is 5.59. The van der Waals surface area contributed by atoms with Gasteiger partial charge in [0.1, 0.15) is 17.1 Å². The third kappa shape index (κ3) is 2.21. The van der Waals surface area contributed by atoms with Gasteiger partial charge in [0.2, 0.25) is 0 Å². The predicted molar refractivity (Wildman–Crippen MR) is 75.6 cm³/mol. The van der Waals surface area contributed by atoms with E-state index < -0.39 is 34.3 Å². The second-order valence-electron chi connectivity index (χ2n) is 5.18. The highest BCUT2D eigenvalue weighted by Gasteiger charge is 2.46. The summed E-state index contributed by atoms with van der Waals surface area (Å²) in [4.78, 5) is 24.4. The van der Waals surface area contributed by atoms with Crippen LogP contribution in [0.2, 0.25) is 5.02 Å². The molecule has 0 fully saturated rings. The van der Waals surface area contributed by atoms with Gasteiger partial charge in [0, 0.05) is 11.1 Å². The normalized spacial score (nSPS) is 16.7. The number of carbonyl (C=O) groups is 2. The highest BCUT2D eigenvalue weighted by Crippen LogP contribution is 2.42. The van der Waals surface area contributed by atoms with E-state index in [1.54, 1.807) is 6.92 Å². The fourth-order valence-corrected chi connectivity index (χ4v) is 2.58. The van der Waals surface area contributed by atoms with Crippen molar-refractivity contribution >= 4 is 29.1 Å². The molecule has 1 aromatic carbocycles. The Balaban J connectivity index is 2.79. The summed E-state index contributed by atoms with van der Waals surface area (Å²) in [6.45, 7) is 4.59. The molecule has 1 aliphatic rings. The van der Waals surface area contributed by atoms with Gasteiger partial charge in [-0.15, -0.1) is 0 Å². The molecule has 112 valence electrons. The number of halogens is 2. The molecule has 0 aromatic heterocycles. The molecule has 0 spiro atoms. The molecular formula is C15H14ClFO4. The quantitative estimate of drug-likeness (QED) is 0.673. The first kappa shape index (κ1) is 15.5. The van der Waals surface area contributed by atoms with E-state index in [2.05, 4.69) is 0 Å². The number of fused-ring (bicyclic) bond motifs is 1. The van der Waals surface area contributed by atoms with Crippen molar-refractivity contribution < 1.29 is 23.8 Å². The molecule has 1 N–H and O–H groups in total. The summed E-state index contributed by atoms with van der Waals surface area (Å²) in [7, 11) is 0. The Kier molecular flexibility index (Phi) is 3.80. The van der Waals surface area contributed by atoms with E-state index in [0.29, 0.717) is 0 Å². The minimum absolute atomic E-state index is 0.0226. The van der Waals surface area contributed by atoms with Crippen molar-refractivity contribution in [1.29, 1.82) is 0 Å². The first-order valence-corrected chi connectivity index (χ1v) is 6.75. The number of aliphatic hydroxyl groups is 1. The van der Waals surface area contributed by atoms with Gasteiger partial charge in [-0.2, -0.15) is 0 Å². The van der Waals surface area contributed by atoms with E-state index in [0.717, 1.165) is 0 Å². The molecule has 0 unspecified atom stereocenters. The number of rotatable bonds is 2. The average Bonchev–Trinajstić information content (AvgIpc) is 2.40. The van der Waals surface area contributed by atoms with Crippen molar-refractivity contribution in [2.75, 3.05) is 6.61 Å². The molecule has 0 atom stereocenters. The summed E-state index contributed by atoms with van der Waals surface area (Å²) in [6, 6.07) is 2.64. The zero-order valence-electron chi connectivity index (χ0n) is 11.8. The Hall–Kier alpha value is -1.88. The first-order valence-electron chi connectivity index (χ1n) is 6.37. The number of hydrogen-bond acceptors (Lipinski definition) is 4. The molecule has 1 aliphatic carbocycles. The van der Waals surface area contributed by atoms with Crippen molar-refractivity contribution in [1.82, 2.24) is 0 Å². The lowest BCUT2D eigenvalue weighted by molar-refractivity contribution is -0.140. The van der Waals surface area contributed by atoms with Crippen LogP contribution in [0.15, 0.2) is 17.7 Å². The summed E-state index contributed by atoms with van der Waals surface area (Å²) < 4.78 is 19.1. The maximum Gasteiger partial charge on any atom is 0.345 e. The van der Waals surface area contributed by atoms with Gasteiger partial charge in [-0.05, 0) is 32.9 Å². The molecule has 4 nitrogen and oxygen atoms in total. The molecule has 1 aromatic rings. The Morgan fingerprint density at radius 3 is 2.62 bits per heavy atom. The maximum absolute atomic E-state index is 14.3. The Bertz CT molecular complexity index is 676. The van der Waals surface area contributed by atoms with Gasteiger partial charge in [-0.1, -0.05) is 11.6 Å². The van der Waals surface area contributed by atoms with E-state index in [9.17, 15) is 19.1 Å². The summed E-state index contributed by atoms with van der Waals surface area (Å²) in [5, 5.41) is 10.0. The highest BCUT2D eigenvalue weighted by atomic mass is 35.5. The molecule has 0 saturated heterocycles. The van der Waals surface area contributed by atoms with Gasteiger partial charge in [-0.3, -0.25) is 4.79 Å². The van der Waals surface area contributed by atoms with Crippen molar-refractivity contribution in [3.8, 4) is 0 Å². The van der Waals surface area contributed by atoms with Gasteiger partial charge in [0.25, 0.3) is 0 Å². The molecule has 0 amide bonds. The van der Waals surface area contributed by atoms with E-state index in [-0.39, 0.29) is 22.8 Å². The number of hydrogen-bond donors (Lipinski definition) is 1. The van der Waals surface area contributed by atoms with Crippen LogP contribution >= 0.6 is 11.6 Å². The predicted octanol–water partition coefficient (Wildman–Crippen LogP) is 3.17. The average molecular weight is 313 g/mol. The highest BCUT2D eigenvalue weighted by molar-refractivity contribution is 6.31. The fraction of sp³-hybridized carbons (Fsp3) is 0.333. The van der Waals surface area contributed by atoms with Crippen LogP contribution in [0.3, 0.4) is 0 Å². The molecule has 0 radical (unpaired) electrons. The number of aliphatic hydroxyl groups excluding tert-OH is 1. The van der Waals surface area contributed by atoms with Crippen LogP contribution in [0.5, 0.6) is 0 Å². The second kappa shape index (κ2) is 5.15. The number of carbonyl (C=O) groups excluding carboxylic acids is 2. The number of ether oxygens (including phenoxy) is 1. The monoisotopic (exact) mass is 312 g/mol. The summed E-state index contributed by atoms with van der Waals surface area (Å²) >= 11 is 5.74. The summed E-state index contributed by atoms with van der Waals surface area (Å²) in [6.07, 6.45) is 0. The standard InChI is InChI=1S/C15H14ClFO4/c1-4-21-14(20)9-12(18)7-5-6-8(16)11(17)10(7)15(2,3)13(9)19/h5-6,18H,4H2,1-3H3. The SMILES string of the molecule is CCOC(=O)C1=C(O)c2ccc(Cl)c(F)c2C(C)(C)C1=O. The fourth-order valence-electron chi connectivity index (χ4n) is 2.42. The molecule has 2 rings (SSSR count). The van der Waals surface area contributed by atoms with Crippen LogP contribution in [0.4, 0.5) is 4.39 Å². The zero-order chi connectivity index (χ0) is 15.9. The van der Waals surface area contributed by atoms with Gasteiger partial charge >= 0.3 is 5.97 Å². The van der Waals surface area contributed by atoms with Gasteiger partial charge in [0.05, 0.1) is 17.0 Å². The van der Waals surface area contributed by atoms with E-state index in [1.807, 2.05) is 0 Å². The van der Waals surface area contributed by atoms with Crippen LogP contribution in [-0.2, 0) is 19.7 Å². The van der Waals surface area contributed by atoms with Crippen LogP contribution < -0.4 is 0 Å². The molecular weight excluding hydrogens is 299 g/mol. The number of Topliss-reactive ketones (excluding diaryl/α,β-unsaturated/α-hetero) is 1. The van der Waals surface area contributed by atoms with E-state index in [4.69, 9.17) is 16.3 Å². The molecule has 0 saturated carbocycles. The topological polar surface area (TPSA) is 63.6 Å².